The summed E-state index contributed by atoms with van der Waals surface area (Å²) in [6, 6.07) is 7.20. The molecule has 0 aliphatic heterocycles. The number of nitrogens with two attached hydrogens (primary N) is 1. The molecule has 0 fully saturated rings. The minimum absolute atomic E-state index is 0.121. The average molecular weight is 293 g/mol. The van der Waals surface area contributed by atoms with Gasteiger partial charge in [0.15, 0.2) is 0 Å². The Morgan fingerprint density at radius 3 is 2.67 bits per heavy atom. The lowest BCUT2D eigenvalue weighted by Crippen LogP contribution is -2.33. The molecule has 2 atom stereocenters. The summed E-state index contributed by atoms with van der Waals surface area (Å²) >= 11 is 0. The Morgan fingerprint density at radius 2 is 2.10 bits per heavy atom. The fourth-order valence-electron chi connectivity index (χ4n) is 1.94. The van der Waals surface area contributed by atoms with Crippen LogP contribution in [0, 0.1) is 0 Å². The largest absolute Gasteiger partial charge is 0.380 e. The predicted octanol–water partition coefficient (Wildman–Crippen LogP) is 1.19. The molecule has 1 aromatic carbocycles. The molecular formula is C15H23N3O3. The van der Waals surface area contributed by atoms with Gasteiger partial charge in [-0.15, -0.1) is 0 Å². The van der Waals surface area contributed by atoms with Crippen LogP contribution in [0.2, 0.25) is 0 Å². The van der Waals surface area contributed by atoms with E-state index in [0.29, 0.717) is 12.2 Å². The van der Waals surface area contributed by atoms with Crippen molar-refractivity contribution in [3.8, 4) is 0 Å². The molecule has 0 bridgehead atoms. The molecule has 6 nitrogen and oxygen atoms in total. The lowest BCUT2D eigenvalue weighted by molar-refractivity contribution is -0.124. The summed E-state index contributed by atoms with van der Waals surface area (Å²) in [6.07, 6.45) is -0.0502. The Balaban J connectivity index is 2.64. The Morgan fingerprint density at radius 1 is 1.38 bits per heavy atom. The van der Waals surface area contributed by atoms with E-state index in [9.17, 15) is 9.59 Å². The zero-order chi connectivity index (χ0) is 15.8. The average Bonchev–Trinajstić information content (AvgIpc) is 2.44. The van der Waals surface area contributed by atoms with Crippen LogP contribution in [0.1, 0.15) is 31.9 Å². The summed E-state index contributed by atoms with van der Waals surface area (Å²) in [5.74, 6) is -0.251. The van der Waals surface area contributed by atoms with Crippen molar-refractivity contribution in [2.24, 2.45) is 5.73 Å². The topological polar surface area (TPSA) is 93.4 Å². The Hall–Kier alpha value is -1.92. The van der Waals surface area contributed by atoms with Gasteiger partial charge >= 0.3 is 0 Å². The van der Waals surface area contributed by atoms with Crippen LogP contribution in [0.3, 0.4) is 0 Å². The number of anilines is 1. The van der Waals surface area contributed by atoms with Gasteiger partial charge in [-0.05, 0) is 24.6 Å². The molecule has 6 heteroatoms. The van der Waals surface area contributed by atoms with Crippen LogP contribution < -0.4 is 16.4 Å². The summed E-state index contributed by atoms with van der Waals surface area (Å²) in [6.45, 7) is 3.64. The van der Waals surface area contributed by atoms with Crippen LogP contribution >= 0.6 is 0 Å². The highest BCUT2D eigenvalue weighted by atomic mass is 16.5. The molecule has 2 unspecified atom stereocenters. The molecule has 1 aromatic rings. The van der Waals surface area contributed by atoms with E-state index in [0.717, 1.165) is 5.56 Å². The number of carbonyl (C=O) groups excluding carboxylic acids is 2. The first kappa shape index (κ1) is 17.1. The fourth-order valence-corrected chi connectivity index (χ4v) is 1.94. The number of rotatable bonds is 7. The highest BCUT2D eigenvalue weighted by molar-refractivity contribution is 5.88. The minimum atomic E-state index is -0.275. The molecule has 2 amide bonds. The quantitative estimate of drug-likeness (QED) is 0.704. The van der Waals surface area contributed by atoms with E-state index in [1.807, 2.05) is 25.1 Å². The van der Waals surface area contributed by atoms with Crippen molar-refractivity contribution in [3.63, 3.8) is 0 Å². The molecule has 116 valence electrons. The number of carbonyl (C=O) groups is 2. The Kier molecular flexibility index (Phi) is 6.84. The van der Waals surface area contributed by atoms with Gasteiger partial charge in [-0.25, -0.2) is 0 Å². The van der Waals surface area contributed by atoms with E-state index in [2.05, 4.69) is 10.6 Å². The molecule has 0 heterocycles. The third-order valence-corrected chi connectivity index (χ3v) is 3.09. The minimum Gasteiger partial charge on any atom is -0.380 e. The van der Waals surface area contributed by atoms with Gasteiger partial charge in [-0.1, -0.05) is 12.1 Å². The van der Waals surface area contributed by atoms with Gasteiger partial charge in [0.25, 0.3) is 0 Å². The first-order chi connectivity index (χ1) is 9.96. The molecule has 4 N–H and O–H groups in total. The van der Waals surface area contributed by atoms with Gasteiger partial charge in [-0.2, -0.15) is 0 Å². The van der Waals surface area contributed by atoms with Gasteiger partial charge in [0.05, 0.1) is 18.6 Å². The van der Waals surface area contributed by atoms with Crippen LogP contribution in [0.15, 0.2) is 24.3 Å². The second kappa shape index (κ2) is 8.39. The van der Waals surface area contributed by atoms with Crippen molar-refractivity contribution < 1.29 is 14.3 Å². The van der Waals surface area contributed by atoms with Gasteiger partial charge in [0, 0.05) is 26.3 Å². The zero-order valence-corrected chi connectivity index (χ0v) is 12.7. The molecule has 0 aliphatic carbocycles. The maximum absolute atomic E-state index is 11.9. The van der Waals surface area contributed by atoms with Crippen LogP contribution in [0.4, 0.5) is 5.69 Å². The van der Waals surface area contributed by atoms with E-state index in [1.165, 1.54) is 14.0 Å². The lowest BCUT2D eigenvalue weighted by atomic mass is 10.1. The molecule has 0 aliphatic rings. The molecular weight excluding hydrogens is 270 g/mol. The zero-order valence-electron chi connectivity index (χ0n) is 12.7. The molecule has 0 aromatic heterocycles. The predicted molar refractivity (Wildman–Crippen MR) is 81.8 cm³/mol. The van der Waals surface area contributed by atoms with E-state index in [-0.39, 0.29) is 30.4 Å². The van der Waals surface area contributed by atoms with E-state index >= 15 is 0 Å². The van der Waals surface area contributed by atoms with Crippen LogP contribution in [0.25, 0.3) is 0 Å². The normalized spacial score (nSPS) is 13.3. The van der Waals surface area contributed by atoms with Crippen molar-refractivity contribution in [2.45, 2.75) is 32.4 Å². The van der Waals surface area contributed by atoms with Crippen molar-refractivity contribution in [3.05, 3.63) is 29.8 Å². The van der Waals surface area contributed by atoms with Gasteiger partial charge in [0.1, 0.15) is 0 Å². The standard InChI is InChI=1S/C15H23N3O3/c1-10(17-15(20)8-14(9-16)21-3)12-5-4-6-13(7-12)18-11(2)19/h4-7,10,14H,8-9,16H2,1-3H3,(H,17,20)(H,18,19). The van der Waals surface area contributed by atoms with Gasteiger partial charge in [0.2, 0.25) is 11.8 Å². The van der Waals surface area contributed by atoms with Crippen molar-refractivity contribution in [2.75, 3.05) is 19.0 Å². The van der Waals surface area contributed by atoms with Crippen LogP contribution in [0.5, 0.6) is 0 Å². The third-order valence-electron chi connectivity index (χ3n) is 3.09. The number of hydrogen-bond acceptors (Lipinski definition) is 4. The summed E-state index contributed by atoms with van der Waals surface area (Å²) in [5.41, 5.74) is 7.11. The lowest BCUT2D eigenvalue weighted by Gasteiger charge is -2.18. The van der Waals surface area contributed by atoms with Crippen molar-refractivity contribution >= 4 is 17.5 Å². The molecule has 0 spiro atoms. The number of benzene rings is 1. The van der Waals surface area contributed by atoms with E-state index < -0.39 is 0 Å². The van der Waals surface area contributed by atoms with Crippen LogP contribution in [-0.4, -0.2) is 31.6 Å². The fraction of sp³-hybridized carbons (Fsp3) is 0.467. The maximum Gasteiger partial charge on any atom is 0.223 e. The monoisotopic (exact) mass is 293 g/mol. The first-order valence-electron chi connectivity index (χ1n) is 6.86. The Bertz CT molecular complexity index is 487. The summed E-state index contributed by atoms with van der Waals surface area (Å²) in [7, 11) is 1.53. The van der Waals surface area contributed by atoms with Gasteiger partial charge in [-0.3, -0.25) is 9.59 Å². The van der Waals surface area contributed by atoms with Crippen molar-refractivity contribution in [1.82, 2.24) is 5.32 Å². The number of nitrogens with one attached hydrogen (secondary N) is 2. The molecule has 0 saturated heterocycles. The molecule has 1 rings (SSSR count). The highest BCUT2D eigenvalue weighted by Crippen LogP contribution is 2.17. The number of methoxy groups -OCH3 is 1. The second-order valence-electron chi connectivity index (χ2n) is 4.89. The molecule has 0 saturated carbocycles. The van der Waals surface area contributed by atoms with E-state index in [1.54, 1.807) is 6.07 Å². The summed E-state index contributed by atoms with van der Waals surface area (Å²) in [4.78, 5) is 23.0. The maximum atomic E-state index is 11.9. The Labute approximate surface area is 125 Å². The molecule has 0 radical (unpaired) electrons. The molecule has 21 heavy (non-hydrogen) atoms. The number of hydrogen-bond donors (Lipinski definition) is 3. The highest BCUT2D eigenvalue weighted by Gasteiger charge is 2.14. The second-order valence-corrected chi connectivity index (χ2v) is 4.89. The number of amides is 2. The summed E-state index contributed by atoms with van der Waals surface area (Å²) in [5, 5.41) is 5.60. The third kappa shape index (κ3) is 5.93. The summed E-state index contributed by atoms with van der Waals surface area (Å²) < 4.78 is 5.09. The number of ether oxygens (including phenoxy) is 1. The van der Waals surface area contributed by atoms with E-state index in [4.69, 9.17) is 10.5 Å². The SMILES string of the molecule is COC(CN)CC(=O)NC(C)c1cccc(NC(C)=O)c1. The smallest absolute Gasteiger partial charge is 0.223 e. The van der Waals surface area contributed by atoms with Gasteiger partial charge < -0.3 is 21.1 Å². The first-order valence-corrected chi connectivity index (χ1v) is 6.86. The van der Waals surface area contributed by atoms with Crippen molar-refractivity contribution in [1.29, 1.82) is 0 Å². The van der Waals surface area contributed by atoms with Crippen LogP contribution in [-0.2, 0) is 14.3 Å².